The Labute approximate surface area is 77.7 Å². The molecule has 0 bridgehead atoms. The van der Waals surface area contributed by atoms with Crippen molar-refractivity contribution in [3.8, 4) is 0 Å². The second-order valence-electron chi connectivity index (χ2n) is 3.14. The summed E-state index contributed by atoms with van der Waals surface area (Å²) in [6.07, 6.45) is 2.84. The molecule has 0 aliphatic rings. The molecule has 1 heterocycles. The van der Waals surface area contributed by atoms with Crippen molar-refractivity contribution >= 4 is 5.78 Å². The molecular formula is C9H15N3O. The second-order valence-corrected chi connectivity index (χ2v) is 3.14. The van der Waals surface area contributed by atoms with Gasteiger partial charge < -0.3 is 5.73 Å². The fraction of sp³-hybridized carbons (Fsp3) is 0.556. The smallest absolute Gasteiger partial charge is 0.182 e. The maximum absolute atomic E-state index is 11.6. The molecule has 0 spiro atoms. The molecule has 0 aliphatic heterocycles. The lowest BCUT2D eigenvalue weighted by atomic mass is 10.1. The molecule has 13 heavy (non-hydrogen) atoms. The molecule has 72 valence electrons. The lowest BCUT2D eigenvalue weighted by Gasteiger charge is -2.06. The Bertz CT molecular complexity index is 293. The van der Waals surface area contributed by atoms with Crippen LogP contribution in [-0.4, -0.2) is 21.6 Å². The quantitative estimate of drug-likeness (QED) is 0.696. The van der Waals surface area contributed by atoms with Crippen LogP contribution in [0.4, 0.5) is 0 Å². The van der Waals surface area contributed by atoms with Crippen LogP contribution in [0.5, 0.6) is 0 Å². The Morgan fingerprint density at radius 3 is 2.92 bits per heavy atom. The van der Waals surface area contributed by atoms with Crippen LogP contribution >= 0.6 is 0 Å². The Kier molecular flexibility index (Phi) is 3.19. The van der Waals surface area contributed by atoms with Gasteiger partial charge in [0.25, 0.3) is 0 Å². The number of carbonyl (C=O) groups excluding carboxylic acids is 1. The molecule has 1 unspecified atom stereocenters. The van der Waals surface area contributed by atoms with E-state index in [2.05, 4.69) is 5.10 Å². The van der Waals surface area contributed by atoms with Crippen LogP contribution in [0.15, 0.2) is 12.3 Å². The number of rotatable bonds is 4. The van der Waals surface area contributed by atoms with Crippen molar-refractivity contribution in [1.82, 2.24) is 9.78 Å². The van der Waals surface area contributed by atoms with Crippen molar-refractivity contribution in [1.29, 1.82) is 0 Å². The highest BCUT2D eigenvalue weighted by atomic mass is 16.1. The van der Waals surface area contributed by atoms with Gasteiger partial charge in [-0.1, -0.05) is 6.92 Å². The predicted molar refractivity (Wildman–Crippen MR) is 50.4 cm³/mol. The molecule has 1 atom stereocenters. The van der Waals surface area contributed by atoms with Gasteiger partial charge in [0.1, 0.15) is 5.69 Å². The number of carbonyl (C=O) groups is 1. The summed E-state index contributed by atoms with van der Waals surface area (Å²) in [5.41, 5.74) is 6.31. The van der Waals surface area contributed by atoms with Crippen LogP contribution < -0.4 is 5.73 Å². The third-order valence-corrected chi connectivity index (χ3v) is 2.08. The third kappa shape index (κ3) is 2.39. The molecule has 0 saturated carbocycles. The van der Waals surface area contributed by atoms with Gasteiger partial charge in [0.15, 0.2) is 5.78 Å². The van der Waals surface area contributed by atoms with E-state index in [1.807, 2.05) is 6.92 Å². The minimum Gasteiger partial charge on any atom is -0.327 e. The molecular weight excluding hydrogens is 166 g/mol. The van der Waals surface area contributed by atoms with Gasteiger partial charge in [-0.05, 0) is 12.5 Å². The predicted octanol–water partition coefficient (Wildman–Crippen LogP) is 0.730. The maximum atomic E-state index is 11.6. The minimum atomic E-state index is -0.0394. The highest BCUT2D eigenvalue weighted by Gasteiger charge is 2.12. The van der Waals surface area contributed by atoms with Crippen LogP contribution in [0.3, 0.4) is 0 Å². The molecule has 4 nitrogen and oxygen atoms in total. The number of aromatic nitrogens is 2. The fourth-order valence-corrected chi connectivity index (χ4v) is 1.13. The van der Waals surface area contributed by atoms with Crippen LogP contribution in [0, 0.1) is 0 Å². The summed E-state index contributed by atoms with van der Waals surface area (Å²) in [6, 6.07) is 1.67. The van der Waals surface area contributed by atoms with Crippen molar-refractivity contribution in [3.63, 3.8) is 0 Å². The Balaban J connectivity index is 2.64. The molecule has 0 aromatic carbocycles. The summed E-state index contributed by atoms with van der Waals surface area (Å²) in [7, 11) is 1.75. The van der Waals surface area contributed by atoms with E-state index in [4.69, 9.17) is 5.73 Å². The first kappa shape index (κ1) is 9.92. The van der Waals surface area contributed by atoms with E-state index in [-0.39, 0.29) is 11.8 Å². The van der Waals surface area contributed by atoms with Crippen molar-refractivity contribution < 1.29 is 4.79 Å². The van der Waals surface area contributed by atoms with Gasteiger partial charge in [0, 0.05) is 25.7 Å². The van der Waals surface area contributed by atoms with Gasteiger partial charge in [-0.25, -0.2) is 0 Å². The van der Waals surface area contributed by atoms with E-state index >= 15 is 0 Å². The first-order valence-corrected chi connectivity index (χ1v) is 4.42. The van der Waals surface area contributed by atoms with E-state index in [0.717, 1.165) is 6.42 Å². The Morgan fingerprint density at radius 1 is 1.77 bits per heavy atom. The van der Waals surface area contributed by atoms with E-state index in [9.17, 15) is 4.79 Å². The Morgan fingerprint density at radius 2 is 2.46 bits per heavy atom. The highest BCUT2D eigenvalue weighted by Crippen LogP contribution is 2.04. The second kappa shape index (κ2) is 4.18. The molecule has 2 N–H and O–H groups in total. The average Bonchev–Trinajstić information content (AvgIpc) is 2.51. The first-order chi connectivity index (χ1) is 6.15. The summed E-state index contributed by atoms with van der Waals surface area (Å²) < 4.78 is 1.57. The van der Waals surface area contributed by atoms with Crippen LogP contribution in [-0.2, 0) is 7.05 Å². The number of hydrogen-bond donors (Lipinski definition) is 1. The molecule has 4 heteroatoms. The SMILES string of the molecule is CCC(N)CC(=O)c1ccnn1C. The topological polar surface area (TPSA) is 60.9 Å². The summed E-state index contributed by atoms with van der Waals surface area (Å²) in [4.78, 5) is 11.6. The number of Topliss-reactive ketones (excluding diaryl/α,β-unsaturated/α-hetero) is 1. The monoisotopic (exact) mass is 181 g/mol. The number of ketones is 1. The minimum absolute atomic E-state index is 0.0394. The van der Waals surface area contributed by atoms with Crippen LogP contribution in [0.1, 0.15) is 30.3 Å². The zero-order chi connectivity index (χ0) is 9.84. The van der Waals surface area contributed by atoms with Gasteiger partial charge in [0.05, 0.1) is 0 Å². The largest absolute Gasteiger partial charge is 0.327 e. The summed E-state index contributed by atoms with van der Waals surface area (Å²) in [6.45, 7) is 1.97. The number of hydrogen-bond acceptors (Lipinski definition) is 3. The van der Waals surface area contributed by atoms with E-state index in [1.165, 1.54) is 0 Å². The molecule has 0 amide bonds. The average molecular weight is 181 g/mol. The molecule has 1 rings (SSSR count). The van der Waals surface area contributed by atoms with E-state index < -0.39 is 0 Å². The molecule has 0 saturated heterocycles. The molecule has 0 radical (unpaired) electrons. The van der Waals surface area contributed by atoms with Crippen LogP contribution in [0.25, 0.3) is 0 Å². The molecule has 0 fully saturated rings. The Hall–Kier alpha value is -1.16. The summed E-state index contributed by atoms with van der Waals surface area (Å²) >= 11 is 0. The van der Waals surface area contributed by atoms with Crippen molar-refractivity contribution in [3.05, 3.63) is 18.0 Å². The van der Waals surface area contributed by atoms with Crippen molar-refractivity contribution in [2.24, 2.45) is 12.8 Å². The zero-order valence-electron chi connectivity index (χ0n) is 8.03. The standard InChI is InChI=1S/C9H15N3O/c1-3-7(10)6-9(13)8-4-5-11-12(8)2/h4-5,7H,3,6,10H2,1-2H3. The maximum Gasteiger partial charge on any atom is 0.182 e. The zero-order valence-corrected chi connectivity index (χ0v) is 8.03. The summed E-state index contributed by atoms with van der Waals surface area (Å²) in [5.74, 6) is 0.0642. The highest BCUT2D eigenvalue weighted by molar-refractivity contribution is 5.94. The number of nitrogens with zero attached hydrogens (tertiary/aromatic N) is 2. The van der Waals surface area contributed by atoms with E-state index in [1.54, 1.807) is 24.0 Å². The number of nitrogens with two attached hydrogens (primary N) is 1. The van der Waals surface area contributed by atoms with Gasteiger partial charge in [-0.15, -0.1) is 0 Å². The molecule has 1 aromatic rings. The van der Waals surface area contributed by atoms with Crippen molar-refractivity contribution in [2.45, 2.75) is 25.8 Å². The third-order valence-electron chi connectivity index (χ3n) is 2.08. The van der Waals surface area contributed by atoms with Gasteiger partial charge in [-0.3, -0.25) is 9.48 Å². The normalized spacial score (nSPS) is 12.8. The lowest BCUT2D eigenvalue weighted by Crippen LogP contribution is -2.23. The van der Waals surface area contributed by atoms with Gasteiger partial charge >= 0.3 is 0 Å². The van der Waals surface area contributed by atoms with Gasteiger partial charge in [0.2, 0.25) is 0 Å². The fourth-order valence-electron chi connectivity index (χ4n) is 1.13. The first-order valence-electron chi connectivity index (χ1n) is 4.42. The lowest BCUT2D eigenvalue weighted by molar-refractivity contribution is 0.0964. The number of aryl methyl sites for hydroxylation is 1. The summed E-state index contributed by atoms with van der Waals surface area (Å²) in [5, 5.41) is 3.93. The van der Waals surface area contributed by atoms with Crippen molar-refractivity contribution in [2.75, 3.05) is 0 Å². The van der Waals surface area contributed by atoms with Crippen LogP contribution in [0.2, 0.25) is 0 Å². The van der Waals surface area contributed by atoms with E-state index in [0.29, 0.717) is 12.1 Å². The van der Waals surface area contributed by atoms with Gasteiger partial charge in [-0.2, -0.15) is 5.10 Å². The molecule has 1 aromatic heterocycles. The molecule has 0 aliphatic carbocycles.